The lowest BCUT2D eigenvalue weighted by Gasteiger charge is -2.13. The van der Waals surface area contributed by atoms with Crippen LogP contribution >= 0.6 is 11.8 Å². The van der Waals surface area contributed by atoms with Gasteiger partial charge >= 0.3 is 0 Å². The van der Waals surface area contributed by atoms with Gasteiger partial charge in [0.1, 0.15) is 5.84 Å². The van der Waals surface area contributed by atoms with Crippen LogP contribution in [-0.4, -0.2) is 48.2 Å². The van der Waals surface area contributed by atoms with E-state index >= 15 is 0 Å². The van der Waals surface area contributed by atoms with E-state index in [1.807, 2.05) is 30.3 Å². The van der Waals surface area contributed by atoms with Crippen LogP contribution in [0.2, 0.25) is 0 Å². The zero-order chi connectivity index (χ0) is 31.1. The number of amidine groups is 2. The SMILES string of the molecule is CC(NS(C)(=O)=O)c1cccc(CC(=O)N=C(N)CCC(=N)CCCCC(=N)SC(N)=NC(=O)Cc2ccccc2)c1. The fraction of sp³-hybridized carbons (Fsp3) is 0.379. The van der Waals surface area contributed by atoms with Gasteiger partial charge in [-0.25, -0.2) is 18.1 Å². The largest absolute Gasteiger partial charge is 0.387 e. The maximum absolute atomic E-state index is 12.4. The molecule has 42 heavy (non-hydrogen) atoms. The van der Waals surface area contributed by atoms with Crippen molar-refractivity contribution in [1.29, 1.82) is 10.8 Å². The van der Waals surface area contributed by atoms with Gasteiger partial charge in [-0.3, -0.25) is 15.0 Å². The Balaban J connectivity index is 1.67. The lowest BCUT2D eigenvalue weighted by Crippen LogP contribution is -2.25. The summed E-state index contributed by atoms with van der Waals surface area (Å²) < 4.78 is 25.5. The molecule has 2 aromatic rings. The highest BCUT2D eigenvalue weighted by Crippen LogP contribution is 2.16. The number of nitrogens with zero attached hydrogens (tertiary/aromatic N) is 2. The Morgan fingerprint density at radius 3 is 2.19 bits per heavy atom. The van der Waals surface area contributed by atoms with Crippen molar-refractivity contribution in [3.8, 4) is 0 Å². The first-order chi connectivity index (χ1) is 19.8. The van der Waals surface area contributed by atoms with E-state index in [1.54, 1.807) is 31.2 Å². The number of hydrogen-bond acceptors (Lipinski definition) is 7. The minimum Gasteiger partial charge on any atom is -0.387 e. The van der Waals surface area contributed by atoms with Crippen molar-refractivity contribution in [3.63, 3.8) is 0 Å². The molecule has 0 fully saturated rings. The molecule has 7 N–H and O–H groups in total. The van der Waals surface area contributed by atoms with Crippen LogP contribution in [0.3, 0.4) is 0 Å². The van der Waals surface area contributed by atoms with E-state index in [0.29, 0.717) is 48.4 Å². The van der Waals surface area contributed by atoms with Crippen LogP contribution in [0.1, 0.15) is 68.2 Å². The van der Waals surface area contributed by atoms with Crippen LogP contribution < -0.4 is 16.2 Å². The molecule has 2 amide bonds. The first kappa shape index (κ1) is 34.5. The summed E-state index contributed by atoms with van der Waals surface area (Å²) in [6, 6.07) is 15.9. The van der Waals surface area contributed by atoms with Gasteiger partial charge in [0, 0.05) is 18.2 Å². The number of rotatable bonds is 15. The topological polar surface area (TPSA) is 205 Å². The van der Waals surface area contributed by atoms with E-state index < -0.39 is 22.0 Å². The molecule has 0 aliphatic carbocycles. The molecule has 0 aliphatic heterocycles. The Hall–Kier alpha value is -3.68. The number of sulfonamides is 1. The van der Waals surface area contributed by atoms with Crippen molar-refractivity contribution >= 4 is 55.4 Å². The quantitative estimate of drug-likeness (QED) is 0.114. The van der Waals surface area contributed by atoms with E-state index in [-0.39, 0.29) is 36.2 Å². The summed E-state index contributed by atoms with van der Waals surface area (Å²) in [5, 5.41) is 16.6. The van der Waals surface area contributed by atoms with Crippen LogP contribution in [0.4, 0.5) is 0 Å². The molecule has 0 radical (unpaired) electrons. The zero-order valence-corrected chi connectivity index (χ0v) is 25.6. The van der Waals surface area contributed by atoms with Gasteiger partial charge in [0.25, 0.3) is 11.8 Å². The lowest BCUT2D eigenvalue weighted by atomic mass is 10.0. The second kappa shape index (κ2) is 17.3. The third-order valence-electron chi connectivity index (χ3n) is 5.94. The fourth-order valence-electron chi connectivity index (χ4n) is 3.95. The average Bonchev–Trinajstić information content (AvgIpc) is 2.89. The third-order valence-corrected chi connectivity index (χ3v) is 7.47. The number of carbonyl (C=O) groups excluding carboxylic acids is 2. The number of unbranched alkanes of at least 4 members (excludes halogenated alkanes) is 1. The molecular weight excluding hydrogens is 574 g/mol. The van der Waals surface area contributed by atoms with E-state index in [2.05, 4.69) is 14.7 Å². The molecule has 0 aliphatic rings. The highest BCUT2D eigenvalue weighted by atomic mass is 32.2. The molecule has 11 nitrogen and oxygen atoms in total. The van der Waals surface area contributed by atoms with Crippen LogP contribution in [0.5, 0.6) is 0 Å². The first-order valence-electron chi connectivity index (χ1n) is 13.4. The van der Waals surface area contributed by atoms with Crippen LogP contribution in [0, 0.1) is 10.8 Å². The summed E-state index contributed by atoms with van der Waals surface area (Å²) in [5.41, 5.74) is 14.5. The standard InChI is InChI=1S/C29H39N7O4S2/c1-20(36-42(2,39)40)23-12-8-11-22(17-23)19-27(37)34-25(31)16-15-24(30)13-6-7-14-26(32)41-29(33)35-28(38)18-21-9-4-3-5-10-21/h3-5,8-12,17,20,30,32,36H,6-7,13-16,18-19H2,1-2H3,(H2,31,34,37)(H2,33,35,38). The molecule has 0 heterocycles. The minimum atomic E-state index is -3.37. The van der Waals surface area contributed by atoms with Gasteiger partial charge in [-0.05, 0) is 67.5 Å². The summed E-state index contributed by atoms with van der Waals surface area (Å²) >= 11 is 0.967. The van der Waals surface area contributed by atoms with Gasteiger partial charge in [-0.15, -0.1) is 0 Å². The number of hydrogen-bond donors (Lipinski definition) is 5. The summed E-state index contributed by atoms with van der Waals surface area (Å²) in [5.74, 6) is -0.622. The minimum absolute atomic E-state index is 0.0258. The predicted molar refractivity (Wildman–Crippen MR) is 171 cm³/mol. The van der Waals surface area contributed by atoms with Gasteiger partial charge in [-0.2, -0.15) is 4.99 Å². The third kappa shape index (κ3) is 14.8. The number of benzene rings is 2. The number of carbonyl (C=O) groups is 2. The molecular formula is C29H39N7O4S2. The molecule has 2 rings (SSSR count). The van der Waals surface area contributed by atoms with E-state index in [0.717, 1.165) is 29.1 Å². The van der Waals surface area contributed by atoms with Crippen molar-refractivity contribution < 1.29 is 18.0 Å². The molecule has 0 bridgehead atoms. The van der Waals surface area contributed by atoms with Crippen molar-refractivity contribution in [3.05, 3.63) is 71.3 Å². The van der Waals surface area contributed by atoms with Crippen molar-refractivity contribution in [2.45, 2.75) is 64.3 Å². The number of aliphatic imine (C=N–C) groups is 2. The van der Waals surface area contributed by atoms with Gasteiger partial charge in [0.2, 0.25) is 10.0 Å². The number of nitrogens with one attached hydrogen (secondary N) is 3. The molecule has 0 spiro atoms. The maximum Gasteiger partial charge on any atom is 0.252 e. The number of amides is 2. The Morgan fingerprint density at radius 1 is 0.881 bits per heavy atom. The highest BCUT2D eigenvalue weighted by Gasteiger charge is 2.13. The Labute approximate surface area is 251 Å². The van der Waals surface area contributed by atoms with Gasteiger partial charge in [0.05, 0.1) is 24.1 Å². The number of thioether (sulfide) groups is 1. The van der Waals surface area contributed by atoms with Crippen LogP contribution in [0.25, 0.3) is 0 Å². The first-order valence-corrected chi connectivity index (χ1v) is 16.2. The molecule has 0 saturated heterocycles. The second-order valence-electron chi connectivity index (χ2n) is 9.87. The van der Waals surface area contributed by atoms with E-state index in [9.17, 15) is 18.0 Å². The van der Waals surface area contributed by atoms with Crippen LogP contribution in [-0.2, 0) is 32.5 Å². The van der Waals surface area contributed by atoms with E-state index in [4.69, 9.17) is 22.3 Å². The lowest BCUT2D eigenvalue weighted by molar-refractivity contribution is -0.118. The fourth-order valence-corrected chi connectivity index (χ4v) is 5.38. The molecule has 1 unspecified atom stereocenters. The molecule has 0 saturated carbocycles. The van der Waals surface area contributed by atoms with Gasteiger partial charge in [0.15, 0.2) is 5.17 Å². The second-order valence-corrected chi connectivity index (χ2v) is 12.8. The highest BCUT2D eigenvalue weighted by molar-refractivity contribution is 8.26. The normalized spacial score (nSPS) is 13.0. The average molecular weight is 614 g/mol. The predicted octanol–water partition coefficient (Wildman–Crippen LogP) is 3.88. The Bertz CT molecular complexity index is 1420. The summed E-state index contributed by atoms with van der Waals surface area (Å²) in [7, 11) is -3.37. The molecule has 13 heteroatoms. The molecule has 1 atom stereocenters. The number of nitrogens with two attached hydrogens (primary N) is 2. The molecule has 2 aromatic carbocycles. The van der Waals surface area contributed by atoms with Crippen LogP contribution in [0.15, 0.2) is 64.6 Å². The van der Waals surface area contributed by atoms with Gasteiger partial charge in [-0.1, -0.05) is 54.6 Å². The van der Waals surface area contributed by atoms with E-state index in [1.165, 1.54) is 0 Å². The molecule has 0 aromatic heterocycles. The summed E-state index contributed by atoms with van der Waals surface area (Å²) in [4.78, 5) is 32.2. The zero-order valence-electron chi connectivity index (χ0n) is 23.9. The molecule has 226 valence electrons. The maximum atomic E-state index is 12.4. The Kier molecular flexibility index (Phi) is 14.2. The Morgan fingerprint density at radius 2 is 1.50 bits per heavy atom. The smallest absolute Gasteiger partial charge is 0.252 e. The van der Waals surface area contributed by atoms with Crippen molar-refractivity contribution in [2.24, 2.45) is 21.5 Å². The summed E-state index contributed by atoms with van der Waals surface area (Å²) in [6.07, 6.45) is 4.31. The van der Waals surface area contributed by atoms with Gasteiger partial charge < -0.3 is 16.9 Å². The summed E-state index contributed by atoms with van der Waals surface area (Å²) in [6.45, 7) is 1.72. The monoisotopic (exact) mass is 613 g/mol. The van der Waals surface area contributed by atoms with Crippen molar-refractivity contribution in [2.75, 3.05) is 6.26 Å². The van der Waals surface area contributed by atoms with Crippen molar-refractivity contribution in [1.82, 2.24) is 4.72 Å².